The third-order valence-electron chi connectivity index (χ3n) is 3.43. The van der Waals surface area contributed by atoms with Gasteiger partial charge in [-0.25, -0.2) is 0 Å². The maximum absolute atomic E-state index is 12.1. The number of nitrogens with zero attached hydrogens (tertiary/aromatic N) is 1. The van der Waals surface area contributed by atoms with Crippen LogP contribution in [0.3, 0.4) is 0 Å². The van der Waals surface area contributed by atoms with E-state index in [1.54, 1.807) is 18.2 Å². The molecule has 1 aliphatic heterocycles. The minimum Gasteiger partial charge on any atom is -0.435 e. The minimum absolute atomic E-state index is 0.0574. The van der Waals surface area contributed by atoms with Gasteiger partial charge in [-0.15, -0.1) is 0 Å². The number of rotatable bonds is 5. The second kappa shape index (κ2) is 6.74. The molecule has 6 nitrogen and oxygen atoms in total. The monoisotopic (exact) mass is 324 g/mol. The number of hydrogen-bond acceptors (Lipinski definition) is 5. The lowest BCUT2D eigenvalue weighted by atomic mass is 10.1. The van der Waals surface area contributed by atoms with E-state index in [4.69, 9.17) is 9.26 Å². The Morgan fingerprint density at radius 3 is 2.78 bits per heavy atom. The zero-order valence-electron chi connectivity index (χ0n) is 12.0. The van der Waals surface area contributed by atoms with E-state index in [9.17, 15) is 13.6 Å². The molecule has 122 valence electrons. The quantitative estimate of drug-likeness (QED) is 0.915. The highest BCUT2D eigenvalue weighted by Gasteiger charge is 2.24. The Morgan fingerprint density at radius 1 is 1.35 bits per heavy atom. The predicted octanol–water partition coefficient (Wildman–Crippen LogP) is 2.92. The van der Waals surface area contributed by atoms with Gasteiger partial charge in [0.15, 0.2) is 0 Å². The highest BCUT2D eigenvalue weighted by Crippen LogP contribution is 2.25. The van der Waals surface area contributed by atoms with Gasteiger partial charge in [0.25, 0.3) is 0 Å². The Labute approximate surface area is 130 Å². The van der Waals surface area contributed by atoms with Gasteiger partial charge in [-0.2, -0.15) is 8.78 Å². The van der Waals surface area contributed by atoms with Crippen LogP contribution in [0.25, 0.3) is 11.3 Å². The molecule has 1 fully saturated rings. The van der Waals surface area contributed by atoms with Gasteiger partial charge < -0.3 is 14.0 Å². The highest BCUT2D eigenvalue weighted by molar-refractivity contribution is 5.92. The van der Waals surface area contributed by atoms with Gasteiger partial charge in [-0.3, -0.25) is 10.1 Å². The van der Waals surface area contributed by atoms with Gasteiger partial charge in [-0.05, 0) is 30.7 Å². The molecule has 0 spiro atoms. The first-order chi connectivity index (χ1) is 11.1. The summed E-state index contributed by atoms with van der Waals surface area (Å²) in [5.74, 6) is -0.0768. The summed E-state index contributed by atoms with van der Waals surface area (Å²) in [7, 11) is 0. The van der Waals surface area contributed by atoms with Crippen molar-refractivity contribution in [3.05, 3.63) is 30.3 Å². The van der Waals surface area contributed by atoms with E-state index in [1.807, 2.05) is 0 Å². The maximum atomic E-state index is 12.1. The first-order valence-electron chi connectivity index (χ1n) is 7.02. The molecule has 0 aliphatic carbocycles. The van der Waals surface area contributed by atoms with Gasteiger partial charge in [0.2, 0.25) is 11.8 Å². The van der Waals surface area contributed by atoms with Gasteiger partial charge in [0.1, 0.15) is 11.4 Å². The van der Waals surface area contributed by atoms with Crippen LogP contribution >= 0.6 is 0 Å². The fourth-order valence-electron chi connectivity index (χ4n) is 2.24. The topological polar surface area (TPSA) is 73.6 Å². The zero-order chi connectivity index (χ0) is 16.2. The van der Waals surface area contributed by atoms with Crippen molar-refractivity contribution in [1.29, 1.82) is 0 Å². The van der Waals surface area contributed by atoms with E-state index in [1.165, 1.54) is 12.1 Å². The fraction of sp³-hybridized carbons (Fsp3) is 0.333. The van der Waals surface area contributed by atoms with Crippen LogP contribution in [0.15, 0.2) is 34.9 Å². The standard InChI is InChI=1S/C15H14F2N2O4/c16-15(17)22-11-3-1-9(2-4-11)12-7-13(23-19-12)18-14(20)10-5-6-21-8-10/h1-4,7,10,15H,5-6,8H2,(H,18,20)/t10-/m0/s1. The molecule has 0 bridgehead atoms. The smallest absolute Gasteiger partial charge is 0.387 e. The molecule has 23 heavy (non-hydrogen) atoms. The first-order valence-corrected chi connectivity index (χ1v) is 7.02. The first kappa shape index (κ1) is 15.4. The average Bonchev–Trinajstić information content (AvgIpc) is 3.18. The highest BCUT2D eigenvalue weighted by atomic mass is 19.3. The lowest BCUT2D eigenvalue weighted by molar-refractivity contribution is -0.119. The summed E-state index contributed by atoms with van der Waals surface area (Å²) in [6, 6.07) is 7.53. The molecule has 1 aromatic carbocycles. The summed E-state index contributed by atoms with van der Waals surface area (Å²) in [6.07, 6.45) is 0.679. The number of alkyl halides is 2. The summed E-state index contributed by atoms with van der Waals surface area (Å²) >= 11 is 0. The molecule has 1 saturated heterocycles. The van der Waals surface area contributed by atoms with Crippen molar-refractivity contribution >= 4 is 11.8 Å². The van der Waals surface area contributed by atoms with Crippen LogP contribution in [0.2, 0.25) is 0 Å². The van der Waals surface area contributed by atoms with Crippen LogP contribution in [-0.2, 0) is 9.53 Å². The number of aromatic nitrogens is 1. The molecular weight excluding hydrogens is 310 g/mol. The van der Waals surface area contributed by atoms with Crippen molar-refractivity contribution in [2.75, 3.05) is 18.5 Å². The van der Waals surface area contributed by atoms with E-state index in [2.05, 4.69) is 15.2 Å². The number of carbonyl (C=O) groups excluding carboxylic acids is 1. The van der Waals surface area contributed by atoms with Gasteiger partial charge in [-0.1, -0.05) is 5.16 Å². The number of amides is 1. The SMILES string of the molecule is O=C(Nc1cc(-c2ccc(OC(F)F)cc2)no1)[C@H]1CCOC1. The van der Waals surface area contributed by atoms with Crippen LogP contribution in [0.4, 0.5) is 14.7 Å². The molecule has 1 aliphatic rings. The number of halogens is 2. The molecule has 2 aromatic rings. The van der Waals surface area contributed by atoms with E-state index < -0.39 is 6.61 Å². The second-order valence-corrected chi connectivity index (χ2v) is 5.03. The van der Waals surface area contributed by atoms with Crippen molar-refractivity contribution in [3.8, 4) is 17.0 Å². The number of ether oxygens (including phenoxy) is 2. The van der Waals surface area contributed by atoms with Crippen molar-refractivity contribution < 1.29 is 27.6 Å². The molecule has 1 amide bonds. The average molecular weight is 324 g/mol. The van der Waals surface area contributed by atoms with Crippen LogP contribution < -0.4 is 10.1 Å². The van der Waals surface area contributed by atoms with Crippen LogP contribution in [0.1, 0.15) is 6.42 Å². The lowest BCUT2D eigenvalue weighted by Gasteiger charge is -2.05. The van der Waals surface area contributed by atoms with Crippen LogP contribution in [0.5, 0.6) is 5.75 Å². The van der Waals surface area contributed by atoms with Crippen molar-refractivity contribution in [3.63, 3.8) is 0 Å². The van der Waals surface area contributed by atoms with E-state index in [-0.39, 0.29) is 23.5 Å². The molecule has 0 radical (unpaired) electrons. The van der Waals surface area contributed by atoms with Crippen molar-refractivity contribution in [2.24, 2.45) is 5.92 Å². The lowest BCUT2D eigenvalue weighted by Crippen LogP contribution is -2.22. The normalized spacial score (nSPS) is 17.4. The summed E-state index contributed by atoms with van der Waals surface area (Å²) in [4.78, 5) is 11.9. The molecule has 0 unspecified atom stereocenters. The van der Waals surface area contributed by atoms with Crippen molar-refractivity contribution in [2.45, 2.75) is 13.0 Å². The Bertz CT molecular complexity index is 666. The van der Waals surface area contributed by atoms with E-state index in [0.29, 0.717) is 30.9 Å². The molecule has 0 saturated carbocycles. The maximum Gasteiger partial charge on any atom is 0.387 e. The number of nitrogens with one attached hydrogen (secondary N) is 1. The molecule has 2 heterocycles. The molecule has 1 atom stereocenters. The van der Waals surface area contributed by atoms with E-state index in [0.717, 1.165) is 0 Å². The Kier molecular flexibility index (Phi) is 4.52. The predicted molar refractivity (Wildman–Crippen MR) is 76.1 cm³/mol. The number of anilines is 1. The molecule has 8 heteroatoms. The molecule has 3 rings (SSSR count). The van der Waals surface area contributed by atoms with Gasteiger partial charge in [0, 0.05) is 18.2 Å². The van der Waals surface area contributed by atoms with Gasteiger partial charge in [0.05, 0.1) is 12.5 Å². The van der Waals surface area contributed by atoms with Crippen molar-refractivity contribution in [1.82, 2.24) is 5.16 Å². The molecule has 1 aromatic heterocycles. The zero-order valence-corrected chi connectivity index (χ0v) is 12.0. The Morgan fingerprint density at radius 2 is 2.13 bits per heavy atom. The molecular formula is C15H14F2N2O4. The summed E-state index contributed by atoms with van der Waals surface area (Å²) in [5.41, 5.74) is 1.13. The summed E-state index contributed by atoms with van der Waals surface area (Å²) in [6.45, 7) is -1.89. The second-order valence-electron chi connectivity index (χ2n) is 5.03. The van der Waals surface area contributed by atoms with Crippen LogP contribution in [0, 0.1) is 5.92 Å². The number of carbonyl (C=O) groups is 1. The van der Waals surface area contributed by atoms with E-state index >= 15 is 0 Å². The Hall–Kier alpha value is -2.48. The Balaban J connectivity index is 1.65. The molecule has 1 N–H and O–H groups in total. The summed E-state index contributed by atoms with van der Waals surface area (Å²) in [5, 5.41) is 6.49. The number of hydrogen-bond donors (Lipinski definition) is 1. The summed E-state index contributed by atoms with van der Waals surface area (Å²) < 4.78 is 38.7. The van der Waals surface area contributed by atoms with Gasteiger partial charge >= 0.3 is 6.61 Å². The third kappa shape index (κ3) is 3.84. The van der Waals surface area contributed by atoms with Crippen LogP contribution in [-0.4, -0.2) is 30.9 Å². The third-order valence-corrected chi connectivity index (χ3v) is 3.43. The minimum atomic E-state index is -2.87. The number of benzene rings is 1. The fourth-order valence-corrected chi connectivity index (χ4v) is 2.24. The largest absolute Gasteiger partial charge is 0.435 e.